The van der Waals surface area contributed by atoms with Crippen LogP contribution in [0, 0.1) is 0 Å². The van der Waals surface area contributed by atoms with Gasteiger partial charge in [0.15, 0.2) is 0 Å². The summed E-state index contributed by atoms with van der Waals surface area (Å²) in [7, 11) is 0. The molecule has 0 amide bonds. The van der Waals surface area contributed by atoms with E-state index in [-0.39, 0.29) is 0 Å². The summed E-state index contributed by atoms with van der Waals surface area (Å²) >= 11 is 7.27. The summed E-state index contributed by atoms with van der Waals surface area (Å²) < 4.78 is 0. The van der Waals surface area contributed by atoms with E-state index >= 15 is 0 Å². The van der Waals surface area contributed by atoms with E-state index in [4.69, 9.17) is 21.6 Å². The predicted octanol–water partition coefficient (Wildman–Crippen LogP) is 9.94. The maximum absolute atomic E-state index is 7.27. The SMILES string of the molecule is Clc1c2nc(cc3[nH]c(cc4nc(cc5[nH]c1c1ccccc51)-c1ccccc1-4)c1ccccc31)-c1ccccc1-2. The third-order valence-electron chi connectivity index (χ3n) is 8.20. The molecule has 41 heavy (non-hydrogen) atoms. The molecule has 0 atom stereocenters. The molecule has 0 saturated heterocycles. The molecular formula is C36H21ClN4. The molecule has 3 aromatic heterocycles. The van der Waals surface area contributed by atoms with Gasteiger partial charge in [-0.25, -0.2) is 9.97 Å². The highest BCUT2D eigenvalue weighted by Gasteiger charge is 2.21. The zero-order valence-corrected chi connectivity index (χ0v) is 22.5. The standard InChI is InChI=1S/C36H21ClN4/c37-34-35-26-15-7-5-13-24(26)32(40-35)18-30-22-11-3-1-9-20(22)28(38-30)17-29-21-10-2-4-12-23(21)31(39-29)19-33-25-14-6-8-16-27(25)36(34)41-33/h1-19,38,41H. The van der Waals surface area contributed by atoms with Crippen LogP contribution in [0.5, 0.6) is 0 Å². The van der Waals surface area contributed by atoms with E-state index in [1.165, 1.54) is 0 Å². The average molecular weight is 545 g/mol. The second kappa shape index (κ2) is 8.40. The fourth-order valence-electron chi connectivity index (χ4n) is 6.31. The molecule has 5 heteroatoms. The molecule has 2 aliphatic rings. The van der Waals surface area contributed by atoms with E-state index < -0.39 is 0 Å². The molecule has 192 valence electrons. The maximum Gasteiger partial charge on any atom is 0.0923 e. The van der Waals surface area contributed by atoms with Crippen LogP contribution >= 0.6 is 11.6 Å². The second-order valence-corrected chi connectivity index (χ2v) is 10.9. The van der Waals surface area contributed by atoms with Crippen molar-refractivity contribution in [2.24, 2.45) is 0 Å². The number of halogens is 1. The Morgan fingerprint density at radius 1 is 0.439 bits per heavy atom. The van der Waals surface area contributed by atoms with Gasteiger partial charge in [-0.05, 0) is 18.2 Å². The Bertz CT molecular complexity index is 2400. The first-order valence-corrected chi connectivity index (χ1v) is 14.0. The summed E-state index contributed by atoms with van der Waals surface area (Å²) in [5, 5.41) is 5.00. The van der Waals surface area contributed by atoms with E-state index in [9.17, 15) is 0 Å². The Morgan fingerprint density at radius 2 is 0.854 bits per heavy atom. The van der Waals surface area contributed by atoms with Crippen molar-refractivity contribution < 1.29 is 0 Å². The Balaban J connectivity index is 1.54. The molecule has 9 rings (SSSR count). The molecule has 0 saturated carbocycles. The molecular weight excluding hydrogens is 524 g/mol. The van der Waals surface area contributed by atoms with Gasteiger partial charge < -0.3 is 9.97 Å². The molecule has 2 aliphatic heterocycles. The number of aromatic nitrogens is 4. The van der Waals surface area contributed by atoms with Crippen LogP contribution in [0.2, 0.25) is 5.02 Å². The fourth-order valence-corrected chi connectivity index (χ4v) is 6.61. The lowest BCUT2D eigenvalue weighted by atomic mass is 10.0. The first-order valence-electron chi connectivity index (χ1n) is 13.6. The molecule has 2 N–H and O–H groups in total. The van der Waals surface area contributed by atoms with Crippen LogP contribution in [0.4, 0.5) is 0 Å². The van der Waals surface area contributed by atoms with Crippen molar-refractivity contribution in [3.63, 3.8) is 0 Å². The van der Waals surface area contributed by atoms with E-state index in [2.05, 4.69) is 107 Å². The van der Waals surface area contributed by atoms with Gasteiger partial charge >= 0.3 is 0 Å². The van der Waals surface area contributed by atoms with Gasteiger partial charge in [0.2, 0.25) is 0 Å². The highest BCUT2D eigenvalue weighted by atomic mass is 35.5. The highest BCUT2D eigenvalue weighted by Crippen LogP contribution is 2.43. The summed E-state index contributed by atoms with van der Waals surface area (Å²) in [6.07, 6.45) is 0. The summed E-state index contributed by atoms with van der Waals surface area (Å²) in [5.74, 6) is 0. The molecule has 0 spiro atoms. The normalized spacial score (nSPS) is 12.0. The zero-order valence-electron chi connectivity index (χ0n) is 21.7. The fraction of sp³-hybridized carbons (Fsp3) is 0. The average Bonchev–Trinajstić information content (AvgIpc) is 3.76. The lowest BCUT2D eigenvalue weighted by molar-refractivity contribution is 1.40. The summed E-state index contributed by atoms with van der Waals surface area (Å²) in [4.78, 5) is 17.6. The molecule has 0 fully saturated rings. The minimum absolute atomic E-state index is 0.593. The van der Waals surface area contributed by atoms with Crippen molar-refractivity contribution in [2.45, 2.75) is 0 Å². The number of benzene rings is 4. The summed E-state index contributed by atoms with van der Waals surface area (Å²) in [5.41, 5.74) is 11.6. The van der Waals surface area contributed by atoms with Gasteiger partial charge in [-0.2, -0.15) is 0 Å². The Morgan fingerprint density at radius 3 is 1.44 bits per heavy atom. The van der Waals surface area contributed by atoms with Gasteiger partial charge in [0.1, 0.15) is 0 Å². The highest BCUT2D eigenvalue weighted by molar-refractivity contribution is 6.38. The maximum atomic E-state index is 7.27. The molecule has 4 aromatic carbocycles. The topological polar surface area (TPSA) is 57.4 Å². The van der Waals surface area contributed by atoms with Crippen LogP contribution in [0.3, 0.4) is 0 Å². The van der Waals surface area contributed by atoms with Crippen LogP contribution in [-0.2, 0) is 0 Å². The quantitative estimate of drug-likeness (QED) is 0.199. The first kappa shape index (κ1) is 22.6. The smallest absolute Gasteiger partial charge is 0.0923 e. The number of hydrogen-bond donors (Lipinski definition) is 2. The van der Waals surface area contributed by atoms with E-state index in [1.54, 1.807) is 0 Å². The largest absolute Gasteiger partial charge is 0.354 e. The molecule has 8 bridgehead atoms. The van der Waals surface area contributed by atoms with Crippen molar-refractivity contribution >= 4 is 55.2 Å². The Labute approximate surface area is 240 Å². The van der Waals surface area contributed by atoms with Gasteiger partial charge in [0, 0.05) is 60.3 Å². The Kier molecular flexibility index (Phi) is 4.63. The summed E-state index contributed by atoms with van der Waals surface area (Å²) in [6, 6.07) is 39.9. The van der Waals surface area contributed by atoms with Gasteiger partial charge in [0.05, 0.1) is 33.3 Å². The van der Waals surface area contributed by atoms with E-state index in [1.807, 2.05) is 18.2 Å². The number of nitrogens with one attached hydrogen (secondary N) is 2. The molecule has 5 heterocycles. The number of fused-ring (bicyclic) bond motifs is 20. The number of H-pyrrole nitrogens is 2. The second-order valence-electron chi connectivity index (χ2n) is 10.5. The molecule has 4 nitrogen and oxygen atoms in total. The van der Waals surface area contributed by atoms with Crippen molar-refractivity contribution in [3.05, 3.63) is 120 Å². The van der Waals surface area contributed by atoms with Gasteiger partial charge in [-0.1, -0.05) is 109 Å². The zero-order chi connectivity index (χ0) is 27.1. The lowest BCUT2D eigenvalue weighted by Gasteiger charge is -2.00. The third kappa shape index (κ3) is 3.28. The van der Waals surface area contributed by atoms with E-state index in [0.717, 1.165) is 88.6 Å². The van der Waals surface area contributed by atoms with Crippen molar-refractivity contribution in [2.75, 3.05) is 0 Å². The Hall–Kier alpha value is -5.19. The molecule has 0 radical (unpaired) electrons. The van der Waals surface area contributed by atoms with E-state index in [0.29, 0.717) is 5.02 Å². The van der Waals surface area contributed by atoms with Crippen LogP contribution in [0.15, 0.2) is 115 Å². The van der Waals surface area contributed by atoms with Crippen molar-refractivity contribution in [1.82, 2.24) is 19.9 Å². The van der Waals surface area contributed by atoms with Crippen molar-refractivity contribution in [1.29, 1.82) is 0 Å². The number of aromatic amines is 2. The third-order valence-corrected chi connectivity index (χ3v) is 8.57. The molecule has 0 aliphatic carbocycles. The van der Waals surface area contributed by atoms with Gasteiger partial charge in [-0.15, -0.1) is 0 Å². The van der Waals surface area contributed by atoms with Gasteiger partial charge in [-0.3, -0.25) is 0 Å². The lowest BCUT2D eigenvalue weighted by Crippen LogP contribution is -1.78. The van der Waals surface area contributed by atoms with Crippen LogP contribution in [0.25, 0.3) is 88.6 Å². The van der Waals surface area contributed by atoms with Crippen LogP contribution in [-0.4, -0.2) is 19.9 Å². The van der Waals surface area contributed by atoms with Gasteiger partial charge in [0.25, 0.3) is 0 Å². The number of rotatable bonds is 0. The minimum atomic E-state index is 0.593. The first-order chi connectivity index (χ1) is 20.2. The van der Waals surface area contributed by atoms with Crippen molar-refractivity contribution in [3.8, 4) is 45.0 Å². The predicted molar refractivity (Wildman–Crippen MR) is 170 cm³/mol. The number of nitrogens with zero attached hydrogens (tertiary/aromatic N) is 2. The summed E-state index contributed by atoms with van der Waals surface area (Å²) in [6.45, 7) is 0. The molecule has 0 unspecified atom stereocenters. The van der Waals surface area contributed by atoms with Crippen LogP contribution in [0.1, 0.15) is 0 Å². The monoisotopic (exact) mass is 544 g/mol. The minimum Gasteiger partial charge on any atom is -0.354 e. The van der Waals surface area contributed by atoms with Crippen LogP contribution < -0.4 is 0 Å². The number of hydrogen-bond acceptors (Lipinski definition) is 2. The molecule has 7 aromatic rings.